The molecule has 1 fully saturated rings. The summed E-state index contributed by atoms with van der Waals surface area (Å²) in [5.74, 6) is -1.52. The molecule has 0 spiro atoms. The summed E-state index contributed by atoms with van der Waals surface area (Å²) in [5, 5.41) is 20.0. The van der Waals surface area contributed by atoms with E-state index < -0.39 is 5.97 Å². The molecule has 1 saturated carbocycles. The monoisotopic (exact) mass is 460 g/mol. The highest BCUT2D eigenvalue weighted by molar-refractivity contribution is 7.21. The SMILES string of the molecule is Cc1cc(F)cc(C)c1C(=O)c1sc2cc(O)ccc2c1-c1ccc(C2CC2C(=O)O)cc1. The molecule has 2 atom stereocenters. The molecule has 5 rings (SSSR count). The largest absolute Gasteiger partial charge is 0.508 e. The third-order valence-electron chi connectivity index (χ3n) is 6.34. The van der Waals surface area contributed by atoms with Gasteiger partial charge in [-0.2, -0.15) is 0 Å². The van der Waals surface area contributed by atoms with E-state index in [1.54, 1.807) is 32.0 Å². The number of aromatic hydroxyl groups is 1. The predicted octanol–water partition coefficient (Wildman–Crippen LogP) is 6.45. The van der Waals surface area contributed by atoms with Gasteiger partial charge in [0, 0.05) is 21.2 Å². The second kappa shape index (κ2) is 7.81. The van der Waals surface area contributed by atoms with Crippen molar-refractivity contribution in [2.45, 2.75) is 26.2 Å². The number of fused-ring (bicyclic) bond motifs is 1. The number of carboxylic acid groups (broad SMARTS) is 1. The molecule has 4 aromatic rings. The maximum atomic E-state index is 13.8. The predicted molar refractivity (Wildman–Crippen MR) is 127 cm³/mol. The van der Waals surface area contributed by atoms with E-state index in [-0.39, 0.29) is 29.2 Å². The molecule has 0 radical (unpaired) electrons. The highest BCUT2D eigenvalue weighted by atomic mass is 32.1. The fourth-order valence-corrected chi connectivity index (χ4v) is 5.85. The molecule has 2 N–H and O–H groups in total. The summed E-state index contributed by atoms with van der Waals surface area (Å²) in [6.45, 7) is 3.46. The molecule has 0 saturated heterocycles. The van der Waals surface area contributed by atoms with Gasteiger partial charge in [-0.25, -0.2) is 4.39 Å². The van der Waals surface area contributed by atoms with Gasteiger partial charge in [0.05, 0.1) is 10.8 Å². The molecule has 6 heteroatoms. The second-order valence-corrected chi connectivity index (χ2v) is 9.69. The first-order valence-electron chi connectivity index (χ1n) is 10.6. The lowest BCUT2D eigenvalue weighted by Crippen LogP contribution is -2.06. The average molecular weight is 461 g/mol. The van der Waals surface area contributed by atoms with Crippen molar-refractivity contribution in [3.63, 3.8) is 0 Å². The van der Waals surface area contributed by atoms with Crippen LogP contribution in [0.1, 0.15) is 44.3 Å². The summed E-state index contributed by atoms with van der Waals surface area (Å²) in [7, 11) is 0. The molecular formula is C27H21FO4S. The van der Waals surface area contributed by atoms with Crippen molar-refractivity contribution < 1.29 is 24.2 Å². The van der Waals surface area contributed by atoms with Gasteiger partial charge in [0.15, 0.2) is 0 Å². The van der Waals surface area contributed by atoms with Crippen LogP contribution < -0.4 is 0 Å². The van der Waals surface area contributed by atoms with Gasteiger partial charge < -0.3 is 10.2 Å². The minimum atomic E-state index is -0.773. The van der Waals surface area contributed by atoms with Crippen LogP contribution in [0.2, 0.25) is 0 Å². The summed E-state index contributed by atoms with van der Waals surface area (Å²) in [5.41, 5.74) is 4.21. The Morgan fingerprint density at radius 2 is 1.67 bits per heavy atom. The van der Waals surface area contributed by atoms with Crippen molar-refractivity contribution in [2.24, 2.45) is 5.92 Å². The van der Waals surface area contributed by atoms with Crippen LogP contribution in [0, 0.1) is 25.6 Å². The summed E-state index contributed by atoms with van der Waals surface area (Å²) < 4.78 is 14.6. The van der Waals surface area contributed by atoms with Crippen LogP contribution in [0.25, 0.3) is 21.2 Å². The van der Waals surface area contributed by atoms with Crippen LogP contribution in [0.5, 0.6) is 5.75 Å². The fraction of sp³-hybridized carbons (Fsp3) is 0.185. The fourth-order valence-electron chi connectivity index (χ4n) is 4.65. The Morgan fingerprint density at radius 3 is 2.27 bits per heavy atom. The number of carbonyl (C=O) groups excluding carboxylic acids is 1. The van der Waals surface area contributed by atoms with Gasteiger partial charge in [0.25, 0.3) is 0 Å². The number of ketones is 1. The normalized spacial score (nSPS) is 17.3. The van der Waals surface area contributed by atoms with E-state index in [9.17, 15) is 24.2 Å². The van der Waals surface area contributed by atoms with Gasteiger partial charge in [0.2, 0.25) is 5.78 Å². The zero-order valence-electron chi connectivity index (χ0n) is 18.1. The Balaban J connectivity index is 1.64. The van der Waals surface area contributed by atoms with Crippen LogP contribution in [-0.2, 0) is 4.79 Å². The number of thiophene rings is 1. The van der Waals surface area contributed by atoms with Crippen LogP contribution in [0.15, 0.2) is 54.6 Å². The molecule has 0 bridgehead atoms. The highest BCUT2D eigenvalue weighted by Gasteiger charge is 2.44. The van der Waals surface area contributed by atoms with Crippen LogP contribution in [0.3, 0.4) is 0 Å². The molecular weight excluding hydrogens is 439 g/mol. The topological polar surface area (TPSA) is 74.6 Å². The average Bonchev–Trinajstić information content (AvgIpc) is 3.47. The molecule has 4 nitrogen and oxygen atoms in total. The Morgan fingerprint density at radius 1 is 1.00 bits per heavy atom. The number of hydrogen-bond acceptors (Lipinski definition) is 4. The number of carboxylic acids is 1. The maximum absolute atomic E-state index is 13.8. The molecule has 2 unspecified atom stereocenters. The molecule has 1 heterocycles. The number of aliphatic carboxylic acids is 1. The number of phenolic OH excluding ortho intramolecular Hbond substituents is 1. The minimum absolute atomic E-state index is 0.0262. The Hall–Kier alpha value is -3.51. The van der Waals surface area contributed by atoms with E-state index in [2.05, 4.69) is 0 Å². The number of aryl methyl sites for hydroxylation is 2. The van der Waals surface area contributed by atoms with Gasteiger partial charge in [-0.15, -0.1) is 11.3 Å². The molecule has 1 aromatic heterocycles. The lowest BCUT2D eigenvalue weighted by molar-refractivity contribution is -0.138. The van der Waals surface area contributed by atoms with Crippen molar-refractivity contribution in [1.29, 1.82) is 0 Å². The van der Waals surface area contributed by atoms with Gasteiger partial charge in [-0.05, 0) is 78.8 Å². The summed E-state index contributed by atoms with van der Waals surface area (Å²) in [6, 6.07) is 15.4. The summed E-state index contributed by atoms with van der Waals surface area (Å²) in [6.07, 6.45) is 0.641. The zero-order valence-corrected chi connectivity index (χ0v) is 18.9. The Labute approximate surface area is 193 Å². The van der Waals surface area contributed by atoms with Crippen molar-refractivity contribution in [2.75, 3.05) is 0 Å². The third-order valence-corrected chi connectivity index (χ3v) is 7.49. The van der Waals surface area contributed by atoms with Gasteiger partial charge in [-0.3, -0.25) is 9.59 Å². The smallest absolute Gasteiger partial charge is 0.307 e. The van der Waals surface area contributed by atoms with Crippen LogP contribution in [0.4, 0.5) is 4.39 Å². The van der Waals surface area contributed by atoms with E-state index in [4.69, 9.17) is 0 Å². The molecule has 3 aromatic carbocycles. The molecule has 0 aliphatic heterocycles. The lowest BCUT2D eigenvalue weighted by atomic mass is 9.93. The third kappa shape index (κ3) is 3.70. The number of carbonyl (C=O) groups is 2. The molecule has 166 valence electrons. The van der Waals surface area contributed by atoms with Gasteiger partial charge >= 0.3 is 5.97 Å². The van der Waals surface area contributed by atoms with E-state index in [0.717, 1.165) is 26.8 Å². The first-order chi connectivity index (χ1) is 15.7. The number of rotatable bonds is 5. The first-order valence-corrected chi connectivity index (χ1v) is 11.5. The van der Waals surface area contributed by atoms with Crippen molar-refractivity contribution >= 4 is 33.2 Å². The summed E-state index contributed by atoms with van der Waals surface area (Å²) in [4.78, 5) is 25.5. The Bertz CT molecular complexity index is 1410. The van der Waals surface area contributed by atoms with E-state index >= 15 is 0 Å². The minimum Gasteiger partial charge on any atom is -0.508 e. The van der Waals surface area contributed by atoms with Crippen molar-refractivity contribution in [3.8, 4) is 16.9 Å². The molecule has 33 heavy (non-hydrogen) atoms. The summed E-state index contributed by atoms with van der Waals surface area (Å²) >= 11 is 1.30. The molecule has 1 aliphatic carbocycles. The van der Waals surface area contributed by atoms with E-state index in [1.165, 1.54) is 23.5 Å². The van der Waals surface area contributed by atoms with Crippen molar-refractivity contribution in [1.82, 2.24) is 0 Å². The first kappa shape index (κ1) is 21.3. The number of benzene rings is 3. The van der Waals surface area contributed by atoms with Crippen molar-refractivity contribution in [3.05, 3.63) is 87.5 Å². The standard InChI is InChI=1S/C27H21FO4S/c1-13-9-17(28)10-14(2)23(13)25(30)26-24(19-8-7-18(29)11-22(19)33-26)16-5-3-15(4-6-16)20-12-21(20)27(31)32/h3-11,20-21,29H,12H2,1-2H3,(H,31,32). The van der Waals surface area contributed by atoms with Crippen LogP contribution >= 0.6 is 11.3 Å². The number of hydrogen-bond donors (Lipinski definition) is 2. The quantitative estimate of drug-likeness (QED) is 0.336. The zero-order chi connectivity index (χ0) is 23.4. The number of phenols is 1. The maximum Gasteiger partial charge on any atom is 0.307 e. The molecule has 0 amide bonds. The van der Waals surface area contributed by atoms with Gasteiger partial charge in [-0.1, -0.05) is 24.3 Å². The molecule has 1 aliphatic rings. The van der Waals surface area contributed by atoms with E-state index in [1.807, 2.05) is 24.3 Å². The van der Waals surface area contributed by atoms with Gasteiger partial charge in [0.1, 0.15) is 11.6 Å². The lowest BCUT2D eigenvalue weighted by Gasteiger charge is -2.11. The van der Waals surface area contributed by atoms with E-state index in [0.29, 0.717) is 28.0 Å². The van der Waals surface area contributed by atoms with Crippen LogP contribution in [-0.4, -0.2) is 22.0 Å². The Kier molecular flexibility index (Phi) is 5.05. The number of halogens is 1. The second-order valence-electron chi connectivity index (χ2n) is 8.64. The highest BCUT2D eigenvalue weighted by Crippen LogP contribution is 2.48.